The van der Waals surface area contributed by atoms with Crippen molar-refractivity contribution in [3.63, 3.8) is 0 Å². The molecule has 1 spiro atoms. The molecule has 2 unspecified atom stereocenters. The number of carbonyl (C=O) groups excluding carboxylic acids is 2. The number of ether oxygens (including phenoxy) is 1. The summed E-state index contributed by atoms with van der Waals surface area (Å²) < 4.78 is 36.6. The lowest BCUT2D eigenvalue weighted by Gasteiger charge is -2.38. The number of hydrogen-bond donors (Lipinski definition) is 2. The molecule has 2 N–H and O–H groups in total. The minimum atomic E-state index is -1.42. The Morgan fingerprint density at radius 1 is 1.06 bits per heavy atom. The van der Waals surface area contributed by atoms with Gasteiger partial charge in [0.1, 0.15) is 28.7 Å². The van der Waals surface area contributed by atoms with Crippen LogP contribution < -0.4 is 10.6 Å². The number of rotatable bonds is 3. The van der Waals surface area contributed by atoms with Crippen LogP contribution in [0.25, 0.3) is 0 Å². The van der Waals surface area contributed by atoms with Crippen molar-refractivity contribution in [2.24, 2.45) is 5.41 Å². The Bertz CT molecular complexity index is 1230. The minimum Gasteiger partial charge on any atom is -0.459 e. The van der Waals surface area contributed by atoms with E-state index in [4.69, 9.17) is 4.74 Å². The molecule has 5 nitrogen and oxygen atoms in total. The Balaban J connectivity index is 2.04. The molecule has 0 radical (unpaired) electrons. The van der Waals surface area contributed by atoms with E-state index in [0.29, 0.717) is 28.8 Å². The largest absolute Gasteiger partial charge is 0.459 e. The second-order valence-electron chi connectivity index (χ2n) is 12.4. The highest BCUT2D eigenvalue weighted by Gasteiger charge is 2.66. The van der Waals surface area contributed by atoms with Gasteiger partial charge in [-0.2, -0.15) is 0 Å². The maximum atomic E-state index is 15.8. The van der Waals surface area contributed by atoms with Crippen molar-refractivity contribution in [1.82, 2.24) is 5.32 Å². The van der Waals surface area contributed by atoms with Gasteiger partial charge in [0.2, 0.25) is 5.91 Å². The third kappa shape index (κ3) is 4.32. The molecule has 0 aromatic heterocycles. The minimum absolute atomic E-state index is 0.235. The van der Waals surface area contributed by atoms with Crippen LogP contribution in [-0.2, 0) is 19.7 Å². The molecule has 2 aromatic rings. The standard InChI is InChI=1S/C29H36F2N2O3/c1-15-10-9-11-17(23(15)31)22-24(25(34)36-28(6,7)8)33-21(14-27(3,4)5)29(22)18-13-19(30)16(2)12-20(18)32-26(29)35/h9-13,21-22,24,33H,14H2,1-8H3,(H,32,35)/t21?,22?,24-,29-/m1/s1. The maximum absolute atomic E-state index is 15.8. The number of aryl methyl sites for hydroxylation is 2. The van der Waals surface area contributed by atoms with Crippen molar-refractivity contribution in [3.8, 4) is 0 Å². The molecule has 4 atom stereocenters. The molecule has 2 aromatic carbocycles. The van der Waals surface area contributed by atoms with Gasteiger partial charge in [-0.05, 0) is 80.8 Å². The second-order valence-corrected chi connectivity index (χ2v) is 12.4. The maximum Gasteiger partial charge on any atom is 0.324 e. The number of esters is 1. The Kier molecular flexibility index (Phi) is 6.31. The van der Waals surface area contributed by atoms with Crippen LogP contribution in [0.1, 0.15) is 76.1 Å². The van der Waals surface area contributed by atoms with Crippen molar-refractivity contribution in [2.75, 3.05) is 5.32 Å². The highest BCUT2D eigenvalue weighted by Crippen LogP contribution is 2.57. The first-order chi connectivity index (χ1) is 16.6. The Hall–Kier alpha value is -2.80. The fourth-order valence-electron chi connectivity index (χ4n) is 5.79. The molecule has 2 aliphatic heterocycles. The predicted molar refractivity (Wildman–Crippen MR) is 136 cm³/mol. The van der Waals surface area contributed by atoms with Gasteiger partial charge in [0.15, 0.2) is 0 Å². The van der Waals surface area contributed by atoms with Crippen LogP contribution in [0.15, 0.2) is 30.3 Å². The number of amides is 1. The van der Waals surface area contributed by atoms with Crippen LogP contribution >= 0.6 is 0 Å². The van der Waals surface area contributed by atoms with E-state index in [9.17, 15) is 9.59 Å². The summed E-state index contributed by atoms with van der Waals surface area (Å²) in [6.07, 6.45) is 0.485. The van der Waals surface area contributed by atoms with Crippen LogP contribution in [0.3, 0.4) is 0 Å². The van der Waals surface area contributed by atoms with Crippen molar-refractivity contribution >= 4 is 17.6 Å². The SMILES string of the molecule is Cc1cc2c(cc1F)[C@@]1(C(=O)N2)C(CC(C)(C)C)N[C@@H](C(=O)OC(C)(C)C)C1c1cccc(C)c1F. The molecule has 36 heavy (non-hydrogen) atoms. The average molecular weight is 499 g/mol. The summed E-state index contributed by atoms with van der Waals surface area (Å²) in [5.41, 5.74) is -0.508. The van der Waals surface area contributed by atoms with Crippen LogP contribution in [0.5, 0.6) is 0 Å². The summed E-state index contributed by atoms with van der Waals surface area (Å²) in [7, 11) is 0. The van der Waals surface area contributed by atoms with Gasteiger partial charge in [-0.1, -0.05) is 39.0 Å². The van der Waals surface area contributed by atoms with Crippen molar-refractivity contribution in [1.29, 1.82) is 0 Å². The Labute approximate surface area is 212 Å². The van der Waals surface area contributed by atoms with Gasteiger partial charge < -0.3 is 10.1 Å². The third-order valence-corrected chi connectivity index (χ3v) is 7.16. The Morgan fingerprint density at radius 3 is 2.33 bits per heavy atom. The van der Waals surface area contributed by atoms with Gasteiger partial charge in [-0.15, -0.1) is 0 Å². The lowest BCUT2D eigenvalue weighted by atomic mass is 9.62. The molecule has 194 valence electrons. The fourth-order valence-corrected chi connectivity index (χ4v) is 5.79. The average Bonchev–Trinajstić information content (AvgIpc) is 3.19. The van der Waals surface area contributed by atoms with Crippen molar-refractivity contribution in [2.45, 2.75) is 90.8 Å². The summed E-state index contributed by atoms with van der Waals surface area (Å²) >= 11 is 0. The molecule has 1 saturated heterocycles. The first kappa shape index (κ1) is 26.3. The summed E-state index contributed by atoms with van der Waals surface area (Å²) in [6, 6.07) is 6.36. The van der Waals surface area contributed by atoms with E-state index >= 15 is 8.78 Å². The zero-order valence-electron chi connectivity index (χ0n) is 22.3. The summed E-state index contributed by atoms with van der Waals surface area (Å²) in [5, 5.41) is 6.31. The second kappa shape index (κ2) is 8.65. The van der Waals surface area contributed by atoms with Crippen molar-refractivity contribution < 1.29 is 23.1 Å². The zero-order chi connectivity index (χ0) is 26.8. The summed E-state index contributed by atoms with van der Waals surface area (Å²) in [6.45, 7) is 14.7. The van der Waals surface area contributed by atoms with E-state index in [0.717, 1.165) is 0 Å². The molecule has 1 fully saturated rings. The number of benzene rings is 2. The van der Waals surface area contributed by atoms with Crippen molar-refractivity contribution in [3.05, 3.63) is 64.2 Å². The molecule has 1 amide bonds. The smallest absolute Gasteiger partial charge is 0.324 e. The molecule has 2 aliphatic rings. The van der Waals surface area contributed by atoms with E-state index in [-0.39, 0.29) is 16.9 Å². The van der Waals surface area contributed by atoms with Gasteiger partial charge in [0.25, 0.3) is 0 Å². The van der Waals surface area contributed by atoms with Gasteiger partial charge in [0, 0.05) is 17.6 Å². The van der Waals surface area contributed by atoms with Crippen LogP contribution in [0.4, 0.5) is 14.5 Å². The predicted octanol–water partition coefficient (Wildman–Crippen LogP) is 5.67. The molecule has 7 heteroatoms. The quantitative estimate of drug-likeness (QED) is 0.535. The fraction of sp³-hybridized carbons (Fsp3) is 0.517. The summed E-state index contributed by atoms with van der Waals surface area (Å²) in [5.74, 6) is -2.84. The number of halogens is 2. The molecule has 4 rings (SSSR count). The van der Waals surface area contributed by atoms with Crippen LogP contribution in [0.2, 0.25) is 0 Å². The van der Waals surface area contributed by atoms with Gasteiger partial charge >= 0.3 is 5.97 Å². The van der Waals surface area contributed by atoms with E-state index in [1.54, 1.807) is 58.9 Å². The molecular formula is C29H36F2N2O3. The number of carbonyl (C=O) groups is 2. The van der Waals surface area contributed by atoms with E-state index < -0.39 is 46.6 Å². The third-order valence-electron chi connectivity index (χ3n) is 7.16. The number of nitrogens with one attached hydrogen (secondary N) is 2. The number of hydrogen-bond acceptors (Lipinski definition) is 4. The molecular weight excluding hydrogens is 462 g/mol. The first-order valence-corrected chi connectivity index (χ1v) is 12.4. The molecule has 0 saturated carbocycles. The zero-order valence-corrected chi connectivity index (χ0v) is 22.3. The number of fused-ring (bicyclic) bond motifs is 2. The molecule has 0 aliphatic carbocycles. The van der Waals surface area contributed by atoms with Crippen LogP contribution in [0, 0.1) is 30.9 Å². The summed E-state index contributed by atoms with van der Waals surface area (Å²) in [4.78, 5) is 27.7. The van der Waals surface area contributed by atoms with Crippen LogP contribution in [-0.4, -0.2) is 29.6 Å². The van der Waals surface area contributed by atoms with E-state index in [1.165, 1.54) is 6.07 Å². The number of anilines is 1. The molecule has 2 heterocycles. The first-order valence-electron chi connectivity index (χ1n) is 12.4. The topological polar surface area (TPSA) is 67.4 Å². The highest BCUT2D eigenvalue weighted by atomic mass is 19.1. The Morgan fingerprint density at radius 2 is 1.72 bits per heavy atom. The lowest BCUT2D eigenvalue weighted by Crippen LogP contribution is -2.49. The van der Waals surface area contributed by atoms with E-state index in [1.807, 2.05) is 20.8 Å². The van der Waals surface area contributed by atoms with Gasteiger partial charge in [0.05, 0.1) is 0 Å². The lowest BCUT2D eigenvalue weighted by molar-refractivity contribution is -0.157. The highest BCUT2D eigenvalue weighted by molar-refractivity contribution is 6.09. The normalized spacial score (nSPS) is 25.7. The molecule has 0 bridgehead atoms. The van der Waals surface area contributed by atoms with Gasteiger partial charge in [-0.25, -0.2) is 8.78 Å². The van der Waals surface area contributed by atoms with Gasteiger partial charge in [-0.3, -0.25) is 14.9 Å². The van der Waals surface area contributed by atoms with E-state index in [2.05, 4.69) is 10.6 Å². The monoisotopic (exact) mass is 498 g/mol.